The van der Waals surface area contributed by atoms with E-state index >= 15 is 0 Å². The number of benzene rings is 2. The van der Waals surface area contributed by atoms with Crippen molar-refractivity contribution >= 4 is 58.1 Å². The highest BCUT2D eigenvalue weighted by Gasteiger charge is 2.22. The molecular formula is C22H16Cl4N4O3. The molecule has 0 radical (unpaired) electrons. The molecule has 0 saturated heterocycles. The smallest absolute Gasteiger partial charge is 0.279 e. The fourth-order valence-electron chi connectivity index (χ4n) is 2.98. The van der Waals surface area contributed by atoms with Crippen LogP contribution in [0.5, 0.6) is 5.75 Å². The lowest BCUT2D eigenvalue weighted by molar-refractivity contribution is 0.101. The number of ether oxygens (including phenoxy) is 1. The van der Waals surface area contributed by atoms with Crippen LogP contribution in [0.4, 0.5) is 5.82 Å². The third kappa shape index (κ3) is 5.62. The van der Waals surface area contributed by atoms with Crippen LogP contribution in [0.1, 0.15) is 27.4 Å². The first kappa shape index (κ1) is 23.4. The van der Waals surface area contributed by atoms with Gasteiger partial charge in [0.25, 0.3) is 5.91 Å². The van der Waals surface area contributed by atoms with E-state index in [1.807, 2.05) is 0 Å². The van der Waals surface area contributed by atoms with E-state index in [2.05, 4.69) is 15.6 Å². The zero-order chi connectivity index (χ0) is 23.5. The average molecular weight is 526 g/mol. The van der Waals surface area contributed by atoms with E-state index in [1.54, 1.807) is 60.3 Å². The maximum atomic E-state index is 12.9. The predicted molar refractivity (Wildman–Crippen MR) is 128 cm³/mol. The minimum Gasteiger partial charge on any atom is -0.489 e. The summed E-state index contributed by atoms with van der Waals surface area (Å²) in [4.78, 5) is 12.9. The lowest BCUT2D eigenvalue weighted by atomic mass is 10.2. The first-order valence-electron chi connectivity index (χ1n) is 9.62. The second-order valence-corrected chi connectivity index (χ2v) is 8.71. The molecule has 0 atom stereocenters. The molecule has 0 aliphatic carbocycles. The molecule has 0 fully saturated rings. The molecule has 2 aromatic heterocycles. The molecule has 170 valence electrons. The SMILES string of the molecule is Cc1onc(C(=O)Nc2nn(Cc3ccc(Cl)cc3Cl)cc2Cl)c1COc1ccc(Cl)cc1. The molecule has 33 heavy (non-hydrogen) atoms. The van der Waals surface area contributed by atoms with Crippen molar-refractivity contribution < 1.29 is 14.1 Å². The summed E-state index contributed by atoms with van der Waals surface area (Å²) in [6.07, 6.45) is 1.58. The largest absolute Gasteiger partial charge is 0.489 e. The fraction of sp³-hybridized carbons (Fsp3) is 0.136. The number of aryl methyl sites for hydroxylation is 1. The van der Waals surface area contributed by atoms with E-state index in [0.29, 0.717) is 38.7 Å². The van der Waals surface area contributed by atoms with Crippen molar-refractivity contribution in [2.24, 2.45) is 0 Å². The summed E-state index contributed by atoms with van der Waals surface area (Å²) in [6.45, 7) is 2.12. The van der Waals surface area contributed by atoms with Crippen molar-refractivity contribution in [2.75, 3.05) is 5.32 Å². The Morgan fingerprint density at radius 2 is 1.79 bits per heavy atom. The van der Waals surface area contributed by atoms with E-state index in [1.165, 1.54) is 0 Å². The van der Waals surface area contributed by atoms with E-state index in [9.17, 15) is 4.79 Å². The van der Waals surface area contributed by atoms with Gasteiger partial charge in [0, 0.05) is 21.3 Å². The topological polar surface area (TPSA) is 82.2 Å². The highest BCUT2D eigenvalue weighted by molar-refractivity contribution is 6.35. The third-order valence-electron chi connectivity index (χ3n) is 4.69. The number of hydrogen-bond donors (Lipinski definition) is 1. The van der Waals surface area contributed by atoms with E-state index < -0.39 is 5.91 Å². The summed E-state index contributed by atoms with van der Waals surface area (Å²) in [5.41, 5.74) is 1.38. The minimum absolute atomic E-state index is 0.0767. The molecule has 2 heterocycles. The maximum absolute atomic E-state index is 12.9. The molecule has 0 saturated carbocycles. The van der Waals surface area contributed by atoms with Gasteiger partial charge in [-0.15, -0.1) is 0 Å². The van der Waals surface area contributed by atoms with Crippen LogP contribution in [0.2, 0.25) is 20.1 Å². The zero-order valence-corrected chi connectivity index (χ0v) is 20.1. The van der Waals surface area contributed by atoms with Gasteiger partial charge in [-0.3, -0.25) is 9.48 Å². The van der Waals surface area contributed by atoms with Gasteiger partial charge in [0.1, 0.15) is 23.1 Å². The molecular weight excluding hydrogens is 510 g/mol. The molecule has 1 N–H and O–H groups in total. The first-order valence-corrected chi connectivity index (χ1v) is 11.1. The Bertz CT molecular complexity index is 1300. The van der Waals surface area contributed by atoms with Crippen LogP contribution in [0.25, 0.3) is 0 Å². The molecule has 0 aliphatic rings. The summed E-state index contributed by atoms with van der Waals surface area (Å²) >= 11 is 24.3. The Hall–Kier alpha value is -2.71. The summed E-state index contributed by atoms with van der Waals surface area (Å²) < 4.78 is 12.5. The molecule has 1 amide bonds. The Kier molecular flexibility index (Phi) is 7.14. The monoisotopic (exact) mass is 524 g/mol. The molecule has 0 unspecified atom stereocenters. The molecule has 4 aromatic rings. The van der Waals surface area contributed by atoms with Gasteiger partial charge in [0.2, 0.25) is 0 Å². The second-order valence-electron chi connectivity index (χ2n) is 7.02. The molecule has 2 aromatic carbocycles. The number of carbonyl (C=O) groups is 1. The highest BCUT2D eigenvalue weighted by Crippen LogP contribution is 2.25. The number of amides is 1. The van der Waals surface area contributed by atoms with Crippen molar-refractivity contribution in [1.82, 2.24) is 14.9 Å². The summed E-state index contributed by atoms with van der Waals surface area (Å²) in [5, 5.41) is 12.8. The quantitative estimate of drug-likeness (QED) is 0.291. The molecule has 0 bridgehead atoms. The molecule has 4 rings (SSSR count). The maximum Gasteiger partial charge on any atom is 0.279 e. The molecule has 7 nitrogen and oxygen atoms in total. The van der Waals surface area contributed by atoms with Crippen molar-refractivity contribution in [1.29, 1.82) is 0 Å². The number of nitrogens with one attached hydrogen (secondary N) is 1. The van der Waals surface area contributed by atoms with Gasteiger partial charge in [-0.25, -0.2) is 0 Å². The lowest BCUT2D eigenvalue weighted by Crippen LogP contribution is -2.16. The van der Waals surface area contributed by atoms with Gasteiger partial charge in [0.15, 0.2) is 11.5 Å². The summed E-state index contributed by atoms with van der Waals surface area (Å²) in [6, 6.07) is 12.0. The van der Waals surface area contributed by atoms with Crippen LogP contribution in [-0.2, 0) is 13.2 Å². The van der Waals surface area contributed by atoms with Crippen LogP contribution in [0, 0.1) is 6.92 Å². The Labute approximate surface area is 209 Å². The molecule has 11 heteroatoms. The van der Waals surface area contributed by atoms with Gasteiger partial charge in [-0.1, -0.05) is 57.6 Å². The van der Waals surface area contributed by atoms with Crippen LogP contribution in [0.3, 0.4) is 0 Å². The zero-order valence-electron chi connectivity index (χ0n) is 17.1. The minimum atomic E-state index is -0.529. The van der Waals surface area contributed by atoms with Gasteiger partial charge in [0.05, 0.1) is 12.1 Å². The Morgan fingerprint density at radius 1 is 1.06 bits per heavy atom. The van der Waals surface area contributed by atoms with E-state index in [-0.39, 0.29) is 23.1 Å². The lowest BCUT2D eigenvalue weighted by Gasteiger charge is -2.07. The van der Waals surface area contributed by atoms with Crippen molar-refractivity contribution in [3.05, 3.63) is 91.3 Å². The normalized spacial score (nSPS) is 10.9. The second kappa shape index (κ2) is 10.1. The number of carbonyl (C=O) groups excluding carboxylic acids is 1. The molecule has 0 spiro atoms. The van der Waals surface area contributed by atoms with Gasteiger partial charge >= 0.3 is 0 Å². The number of nitrogens with zero attached hydrogens (tertiary/aromatic N) is 3. The van der Waals surface area contributed by atoms with E-state index in [0.717, 1.165) is 5.56 Å². The van der Waals surface area contributed by atoms with Crippen LogP contribution < -0.4 is 10.1 Å². The number of halogens is 4. The van der Waals surface area contributed by atoms with Crippen LogP contribution in [-0.4, -0.2) is 20.8 Å². The third-order valence-corrected chi connectivity index (χ3v) is 5.81. The molecule has 0 aliphatic heterocycles. The van der Waals surface area contributed by atoms with Crippen molar-refractivity contribution in [2.45, 2.75) is 20.1 Å². The number of aromatic nitrogens is 3. The average Bonchev–Trinajstić information content (AvgIpc) is 3.31. The van der Waals surface area contributed by atoms with Gasteiger partial charge in [-0.05, 0) is 48.9 Å². The number of hydrogen-bond acceptors (Lipinski definition) is 5. The first-order chi connectivity index (χ1) is 15.8. The van der Waals surface area contributed by atoms with Crippen LogP contribution in [0.15, 0.2) is 53.2 Å². The summed E-state index contributed by atoms with van der Waals surface area (Å²) in [7, 11) is 0. The van der Waals surface area contributed by atoms with Gasteiger partial charge in [-0.2, -0.15) is 5.10 Å². The highest BCUT2D eigenvalue weighted by atomic mass is 35.5. The number of rotatable bonds is 7. The van der Waals surface area contributed by atoms with Gasteiger partial charge < -0.3 is 14.6 Å². The van der Waals surface area contributed by atoms with Crippen LogP contribution >= 0.6 is 46.4 Å². The Morgan fingerprint density at radius 3 is 2.52 bits per heavy atom. The van der Waals surface area contributed by atoms with E-state index in [4.69, 9.17) is 55.7 Å². The fourth-order valence-corrected chi connectivity index (χ4v) is 3.77. The summed E-state index contributed by atoms with van der Waals surface area (Å²) in [5.74, 6) is 0.701. The number of anilines is 1. The predicted octanol–water partition coefficient (Wildman–Crippen LogP) is 6.67. The van der Waals surface area contributed by atoms with Crippen molar-refractivity contribution in [3.63, 3.8) is 0 Å². The standard InChI is InChI=1S/C22H16Cl4N4O3/c1-12-17(11-32-16-6-4-14(23)5-7-16)20(29-33-12)22(31)27-21-19(26)10-30(28-21)9-13-2-3-15(24)8-18(13)25/h2-8,10H,9,11H2,1H3,(H,27,28,31). The van der Waals surface area contributed by atoms with Crippen molar-refractivity contribution in [3.8, 4) is 5.75 Å². The Balaban J connectivity index is 1.47.